The van der Waals surface area contributed by atoms with Crippen LogP contribution in [0.3, 0.4) is 0 Å². The number of oxime groups is 2. The monoisotopic (exact) mass is 363 g/mol. The van der Waals surface area contributed by atoms with Gasteiger partial charge in [-0.05, 0) is 26.0 Å². The van der Waals surface area contributed by atoms with E-state index in [1.807, 2.05) is 0 Å². The first-order chi connectivity index (χ1) is 12.3. The number of carbonyl (C=O) groups excluding carboxylic acids is 2. The maximum Gasteiger partial charge on any atom is 0.288 e. The summed E-state index contributed by atoms with van der Waals surface area (Å²) < 4.78 is 0. The fourth-order valence-corrected chi connectivity index (χ4v) is 1.31. The number of nitrogens with two attached hydrogens (primary N) is 2. The summed E-state index contributed by atoms with van der Waals surface area (Å²) in [6.45, 7) is 2.54. The lowest BCUT2D eigenvalue weighted by atomic mass is 10.3. The number of hydrogen-bond donors (Lipinski definition) is 6. The summed E-state index contributed by atoms with van der Waals surface area (Å²) in [5.41, 5.74) is 15.5. The van der Waals surface area contributed by atoms with Crippen LogP contribution in [-0.4, -0.2) is 50.3 Å². The molecule has 1 rings (SSSR count). The molecule has 0 bridgehead atoms. The number of amides is 2. The molecule has 0 aromatic carbocycles. The van der Waals surface area contributed by atoms with E-state index in [0.29, 0.717) is 0 Å². The van der Waals surface area contributed by atoms with Gasteiger partial charge in [0, 0.05) is 0 Å². The average Bonchev–Trinajstić information content (AvgIpc) is 2.68. The van der Waals surface area contributed by atoms with Crippen LogP contribution in [0.4, 0.5) is 0 Å². The highest BCUT2D eigenvalue weighted by molar-refractivity contribution is 6.38. The Kier molecular flexibility index (Phi) is 7.17. The van der Waals surface area contributed by atoms with Crippen LogP contribution < -0.4 is 22.3 Å². The molecule has 0 saturated heterocycles. The zero-order valence-electron chi connectivity index (χ0n) is 13.8. The average molecular weight is 363 g/mol. The molecule has 0 spiro atoms. The van der Waals surface area contributed by atoms with E-state index in [2.05, 4.69) is 36.3 Å². The third-order valence-corrected chi connectivity index (χ3v) is 2.79. The van der Waals surface area contributed by atoms with Crippen LogP contribution in [0.15, 0.2) is 38.7 Å². The van der Waals surface area contributed by atoms with Crippen LogP contribution in [0.25, 0.3) is 0 Å². The van der Waals surface area contributed by atoms with E-state index in [-0.39, 0.29) is 34.5 Å². The number of carbonyl (C=O) groups is 2. The van der Waals surface area contributed by atoms with Gasteiger partial charge in [-0.3, -0.25) is 9.59 Å². The molecule has 2 amide bonds. The van der Waals surface area contributed by atoms with Crippen molar-refractivity contribution in [3.8, 4) is 0 Å². The Hall–Kier alpha value is -4.03. The highest BCUT2D eigenvalue weighted by Crippen LogP contribution is 1.99. The molecule has 1 heterocycles. The second-order valence-electron chi connectivity index (χ2n) is 4.65. The maximum atomic E-state index is 11.4. The first-order valence-corrected chi connectivity index (χ1v) is 6.92. The van der Waals surface area contributed by atoms with Crippen molar-refractivity contribution in [2.75, 3.05) is 0 Å². The summed E-state index contributed by atoms with van der Waals surface area (Å²) in [5, 5.41) is 29.6. The van der Waals surface area contributed by atoms with Crippen molar-refractivity contribution in [1.29, 1.82) is 0 Å². The van der Waals surface area contributed by atoms with Gasteiger partial charge in [0.25, 0.3) is 11.8 Å². The van der Waals surface area contributed by atoms with Crippen molar-refractivity contribution in [1.82, 2.24) is 15.8 Å². The normalized spacial score (nSPS) is 13.3. The van der Waals surface area contributed by atoms with E-state index in [1.165, 1.54) is 26.0 Å². The first kappa shape index (κ1) is 20.0. The van der Waals surface area contributed by atoms with Crippen LogP contribution in [0, 0.1) is 0 Å². The summed E-state index contributed by atoms with van der Waals surface area (Å²) in [4.78, 5) is 26.9. The lowest BCUT2D eigenvalue weighted by molar-refractivity contribution is -0.115. The molecule has 0 aliphatic heterocycles. The third kappa shape index (κ3) is 5.55. The Balaban J connectivity index is 2.93. The first-order valence-electron chi connectivity index (χ1n) is 6.92. The maximum absolute atomic E-state index is 11.4. The molecule has 26 heavy (non-hydrogen) atoms. The van der Waals surface area contributed by atoms with Crippen LogP contribution >= 0.6 is 0 Å². The predicted molar refractivity (Wildman–Crippen MR) is 91.8 cm³/mol. The third-order valence-electron chi connectivity index (χ3n) is 2.79. The molecule has 1 aromatic rings. The van der Waals surface area contributed by atoms with E-state index >= 15 is 0 Å². The van der Waals surface area contributed by atoms with E-state index in [0.717, 1.165) is 0 Å². The highest BCUT2D eigenvalue weighted by Gasteiger charge is 2.09. The summed E-state index contributed by atoms with van der Waals surface area (Å²) in [6, 6.07) is 4.54. The summed E-state index contributed by atoms with van der Waals surface area (Å²) in [7, 11) is 0. The summed E-state index contributed by atoms with van der Waals surface area (Å²) >= 11 is 0. The van der Waals surface area contributed by atoms with E-state index in [4.69, 9.17) is 21.9 Å². The minimum Gasteiger partial charge on any atom is -0.410 e. The molecular weight excluding hydrogens is 346 g/mol. The number of nitrogens with one attached hydrogen (secondary N) is 2. The van der Waals surface area contributed by atoms with Gasteiger partial charge in [0.05, 0.1) is 0 Å². The van der Waals surface area contributed by atoms with Gasteiger partial charge < -0.3 is 21.9 Å². The van der Waals surface area contributed by atoms with Crippen molar-refractivity contribution in [2.24, 2.45) is 32.0 Å². The van der Waals surface area contributed by atoms with Crippen LogP contribution in [0.1, 0.15) is 25.2 Å². The summed E-state index contributed by atoms with van der Waals surface area (Å²) in [6.07, 6.45) is 0. The Bertz CT molecular complexity index is 750. The Morgan fingerprint density at radius 2 is 1.31 bits per heavy atom. The number of pyridine rings is 1. The fraction of sp³-hybridized carbons (Fsp3) is 0.154. The number of nitrogens with zero attached hydrogens (tertiary/aromatic N) is 5. The topological polar surface area (TPSA) is 213 Å². The van der Waals surface area contributed by atoms with Gasteiger partial charge in [0.2, 0.25) is 0 Å². The van der Waals surface area contributed by atoms with Gasteiger partial charge in [0.1, 0.15) is 22.8 Å². The van der Waals surface area contributed by atoms with Crippen molar-refractivity contribution < 1.29 is 20.0 Å². The van der Waals surface area contributed by atoms with Gasteiger partial charge in [-0.15, -0.1) is 0 Å². The van der Waals surface area contributed by atoms with E-state index < -0.39 is 11.8 Å². The largest absolute Gasteiger partial charge is 0.410 e. The number of hydrogen-bond acceptors (Lipinski definition) is 9. The highest BCUT2D eigenvalue weighted by atomic mass is 16.4. The van der Waals surface area contributed by atoms with Gasteiger partial charge in [-0.25, -0.2) is 15.8 Å². The smallest absolute Gasteiger partial charge is 0.288 e. The van der Waals surface area contributed by atoms with Gasteiger partial charge >= 0.3 is 0 Å². The molecule has 0 radical (unpaired) electrons. The molecule has 138 valence electrons. The molecule has 0 saturated carbocycles. The zero-order chi connectivity index (χ0) is 19.7. The van der Waals surface area contributed by atoms with Crippen LogP contribution in [0.2, 0.25) is 0 Å². The van der Waals surface area contributed by atoms with Gasteiger partial charge in [-0.1, -0.05) is 16.4 Å². The van der Waals surface area contributed by atoms with E-state index in [1.54, 1.807) is 6.07 Å². The molecule has 0 aliphatic rings. The molecule has 13 heteroatoms. The van der Waals surface area contributed by atoms with E-state index in [9.17, 15) is 9.59 Å². The standard InChI is InChI=1S/C13H17N9O4/c1-6(21-25)12(23)19-17-10(14)8-4-3-5-9(16-8)11(15)18-20-13(24)7(2)22-26/h3-5,25-26H,1-2H3,(H2,14,17)(H2,15,18)(H,19,23)(H,20,24)/b21-6+,22-7+. The number of hydrazone groups is 2. The molecule has 0 fully saturated rings. The Morgan fingerprint density at radius 1 is 0.923 bits per heavy atom. The number of amidine groups is 2. The van der Waals surface area contributed by atoms with Crippen LogP contribution in [-0.2, 0) is 9.59 Å². The minimum absolute atomic E-state index is 0.147. The second kappa shape index (κ2) is 9.31. The van der Waals surface area contributed by atoms with Gasteiger partial charge in [0.15, 0.2) is 11.7 Å². The lowest BCUT2D eigenvalue weighted by Gasteiger charge is -2.05. The SMILES string of the molecule is C/C(=N\O)C(=O)N/N=C(\N)c1cccc(/C(N)=N/NC(=O)/C(C)=N/O)n1. The van der Waals surface area contributed by atoms with Gasteiger partial charge in [-0.2, -0.15) is 10.2 Å². The molecular formula is C13H17N9O4. The van der Waals surface area contributed by atoms with Crippen molar-refractivity contribution >= 4 is 34.9 Å². The molecule has 0 atom stereocenters. The van der Waals surface area contributed by atoms with Crippen molar-refractivity contribution in [2.45, 2.75) is 13.8 Å². The number of rotatable bonds is 6. The van der Waals surface area contributed by atoms with Crippen molar-refractivity contribution in [3.05, 3.63) is 29.6 Å². The molecule has 0 aliphatic carbocycles. The summed E-state index contributed by atoms with van der Waals surface area (Å²) in [5.74, 6) is -1.80. The zero-order valence-corrected chi connectivity index (χ0v) is 13.8. The minimum atomic E-state index is -0.753. The predicted octanol–water partition coefficient (Wildman–Crippen LogP) is -1.75. The Morgan fingerprint density at radius 3 is 1.65 bits per heavy atom. The van der Waals surface area contributed by atoms with Crippen LogP contribution in [0.5, 0.6) is 0 Å². The fourth-order valence-electron chi connectivity index (χ4n) is 1.31. The quantitative estimate of drug-likeness (QED) is 0.148. The Labute approximate surface area is 147 Å². The molecule has 8 N–H and O–H groups in total. The van der Waals surface area contributed by atoms with Crippen molar-refractivity contribution in [3.63, 3.8) is 0 Å². The molecule has 13 nitrogen and oxygen atoms in total. The second-order valence-corrected chi connectivity index (χ2v) is 4.65. The molecule has 0 unspecified atom stereocenters. The lowest BCUT2D eigenvalue weighted by Crippen LogP contribution is -2.30. The molecule has 1 aromatic heterocycles. The number of aromatic nitrogens is 1.